The van der Waals surface area contributed by atoms with Crippen LogP contribution in [0.3, 0.4) is 0 Å². The van der Waals surface area contributed by atoms with Crippen molar-refractivity contribution in [2.75, 3.05) is 32.2 Å². The van der Waals surface area contributed by atoms with Gasteiger partial charge in [-0.1, -0.05) is 12.0 Å². The Bertz CT molecular complexity index is 688. The van der Waals surface area contributed by atoms with Gasteiger partial charge in [0.2, 0.25) is 0 Å². The summed E-state index contributed by atoms with van der Waals surface area (Å²) in [6, 6.07) is 8.01. The van der Waals surface area contributed by atoms with E-state index in [1.807, 2.05) is 56.3 Å². The Morgan fingerprint density at radius 1 is 1.32 bits per heavy atom. The zero-order valence-electron chi connectivity index (χ0n) is 13.2. The molecule has 1 heterocycles. The molecular weight excluding hydrogens is 277 g/mol. The van der Waals surface area contributed by atoms with Gasteiger partial charge in [-0.05, 0) is 43.2 Å². The molecule has 0 saturated carbocycles. The summed E-state index contributed by atoms with van der Waals surface area (Å²) < 4.78 is 12.5. The third-order valence-electron chi connectivity index (χ3n) is 3.14. The second kappa shape index (κ2) is 7.46. The lowest BCUT2D eigenvalue weighted by Crippen LogP contribution is -2.17. The van der Waals surface area contributed by atoms with Crippen molar-refractivity contribution in [1.29, 1.82) is 0 Å². The molecule has 1 aliphatic rings. The van der Waals surface area contributed by atoms with Crippen molar-refractivity contribution in [3.05, 3.63) is 53.3 Å². The van der Waals surface area contributed by atoms with Crippen molar-refractivity contribution < 1.29 is 4.39 Å². The van der Waals surface area contributed by atoms with Crippen LogP contribution in [0.1, 0.15) is 12.5 Å². The van der Waals surface area contributed by atoms with E-state index in [-0.39, 0.29) is 0 Å². The number of nitrogens with one attached hydrogen (secondary N) is 1. The van der Waals surface area contributed by atoms with E-state index in [0.717, 1.165) is 22.5 Å². The number of halogens is 1. The Balaban J connectivity index is 2.22. The van der Waals surface area contributed by atoms with Crippen LogP contribution in [0.15, 0.2) is 52.7 Å². The van der Waals surface area contributed by atoms with E-state index in [2.05, 4.69) is 22.2 Å². The highest BCUT2D eigenvalue weighted by Crippen LogP contribution is 2.14. The average molecular weight is 297 g/mol. The number of aliphatic imine (C=N–C) groups is 1. The second-order valence-electron chi connectivity index (χ2n) is 5.01. The predicted molar refractivity (Wildman–Crippen MR) is 90.9 cm³/mol. The Hall–Kier alpha value is -2.54. The molecular formula is C18H20FN3. The van der Waals surface area contributed by atoms with Crippen LogP contribution in [0, 0.1) is 11.8 Å². The quantitative estimate of drug-likeness (QED) is 0.869. The summed E-state index contributed by atoms with van der Waals surface area (Å²) in [5.74, 6) is 6.89. The number of hydrogen-bond donors (Lipinski definition) is 1. The van der Waals surface area contributed by atoms with Crippen molar-refractivity contribution in [3.8, 4) is 11.8 Å². The van der Waals surface area contributed by atoms with Crippen LogP contribution in [0.4, 0.5) is 10.1 Å². The van der Waals surface area contributed by atoms with Crippen LogP contribution in [-0.4, -0.2) is 33.2 Å². The maximum Gasteiger partial charge on any atom is 0.133 e. The second-order valence-corrected chi connectivity index (χ2v) is 5.01. The van der Waals surface area contributed by atoms with Crippen molar-refractivity contribution in [2.45, 2.75) is 6.92 Å². The number of amidine groups is 1. The van der Waals surface area contributed by atoms with Gasteiger partial charge in [-0.25, -0.2) is 4.39 Å². The van der Waals surface area contributed by atoms with Crippen LogP contribution in [0.25, 0.3) is 0 Å². The lowest BCUT2D eigenvalue weighted by atomic mass is 10.2. The lowest BCUT2D eigenvalue weighted by Gasteiger charge is -2.11. The van der Waals surface area contributed by atoms with Gasteiger partial charge in [-0.3, -0.25) is 4.99 Å². The molecule has 0 spiro atoms. The first-order chi connectivity index (χ1) is 10.6. The number of nitrogens with zero attached hydrogens (tertiary/aromatic N) is 2. The molecule has 0 unspecified atom stereocenters. The van der Waals surface area contributed by atoms with Crippen molar-refractivity contribution >= 4 is 11.5 Å². The molecule has 0 aliphatic carbocycles. The van der Waals surface area contributed by atoms with E-state index in [0.29, 0.717) is 12.4 Å². The van der Waals surface area contributed by atoms with Crippen molar-refractivity contribution in [2.24, 2.45) is 4.99 Å². The molecule has 1 aromatic rings. The largest absolute Gasteiger partial charge is 0.378 e. The van der Waals surface area contributed by atoms with E-state index < -0.39 is 6.67 Å². The van der Waals surface area contributed by atoms with Crippen LogP contribution in [-0.2, 0) is 0 Å². The first-order valence-electron chi connectivity index (χ1n) is 7.23. The summed E-state index contributed by atoms with van der Waals surface area (Å²) >= 11 is 0. The van der Waals surface area contributed by atoms with Gasteiger partial charge in [0.05, 0.1) is 5.70 Å². The summed E-state index contributed by atoms with van der Waals surface area (Å²) in [5.41, 5.74) is 3.54. The molecule has 1 N–H and O–H groups in total. The highest BCUT2D eigenvalue weighted by Gasteiger charge is 2.13. The minimum Gasteiger partial charge on any atom is -0.378 e. The molecule has 22 heavy (non-hydrogen) atoms. The zero-order valence-corrected chi connectivity index (χ0v) is 13.2. The number of allylic oxidation sites excluding steroid dienone is 2. The molecule has 114 valence electrons. The van der Waals surface area contributed by atoms with Gasteiger partial charge in [0.25, 0.3) is 0 Å². The number of benzene rings is 1. The smallest absolute Gasteiger partial charge is 0.133 e. The zero-order chi connectivity index (χ0) is 15.9. The maximum absolute atomic E-state index is 12.5. The van der Waals surface area contributed by atoms with E-state index in [4.69, 9.17) is 0 Å². The summed E-state index contributed by atoms with van der Waals surface area (Å²) in [6.07, 6.45) is 3.33. The fourth-order valence-electron chi connectivity index (χ4n) is 2.06. The van der Waals surface area contributed by atoms with Crippen LogP contribution >= 0.6 is 0 Å². The third kappa shape index (κ3) is 3.98. The van der Waals surface area contributed by atoms with Gasteiger partial charge in [-0.15, -0.1) is 0 Å². The third-order valence-corrected chi connectivity index (χ3v) is 3.14. The normalized spacial score (nSPS) is 17.0. The van der Waals surface area contributed by atoms with E-state index in [9.17, 15) is 4.39 Å². The topological polar surface area (TPSA) is 27.6 Å². The fourth-order valence-corrected chi connectivity index (χ4v) is 2.06. The van der Waals surface area contributed by atoms with Gasteiger partial charge >= 0.3 is 0 Å². The first kappa shape index (κ1) is 15.8. The lowest BCUT2D eigenvalue weighted by molar-refractivity contribution is 0.561. The number of anilines is 1. The molecule has 3 nitrogen and oxygen atoms in total. The minimum absolute atomic E-state index is 0.512. The summed E-state index contributed by atoms with van der Waals surface area (Å²) in [6.45, 7) is 2.07. The first-order valence-corrected chi connectivity index (χ1v) is 7.23. The standard InChI is InChI=1S/C18H20FN3/c1-4-20-18-15(10-11-19)13-16(21-18)9-8-14-6-5-7-17(12-14)22(2)3/h5-7,10,12-13H,4,11H2,1-3H3,(H,20,21)/b15-10-. The number of rotatable bonds is 3. The number of alkyl halides is 1. The Labute approximate surface area is 131 Å². The van der Waals surface area contributed by atoms with Crippen LogP contribution in [0.2, 0.25) is 0 Å². The minimum atomic E-state index is -0.512. The molecule has 1 aromatic carbocycles. The van der Waals surface area contributed by atoms with E-state index in [1.165, 1.54) is 6.08 Å². The van der Waals surface area contributed by atoms with Gasteiger partial charge in [0.1, 0.15) is 12.5 Å². The van der Waals surface area contributed by atoms with E-state index >= 15 is 0 Å². The predicted octanol–water partition coefficient (Wildman–Crippen LogP) is 2.91. The van der Waals surface area contributed by atoms with E-state index in [1.54, 1.807) is 0 Å². The summed E-state index contributed by atoms with van der Waals surface area (Å²) in [5, 5.41) is 3.13. The Kier molecular flexibility index (Phi) is 5.37. The Morgan fingerprint density at radius 3 is 2.82 bits per heavy atom. The molecule has 0 aromatic heterocycles. The molecule has 0 atom stereocenters. The molecule has 0 radical (unpaired) electrons. The molecule has 0 fully saturated rings. The molecule has 1 aliphatic heterocycles. The van der Waals surface area contributed by atoms with Gasteiger partial charge in [0.15, 0.2) is 0 Å². The summed E-state index contributed by atoms with van der Waals surface area (Å²) in [4.78, 5) is 6.34. The Morgan fingerprint density at radius 2 is 2.14 bits per heavy atom. The van der Waals surface area contributed by atoms with Crippen molar-refractivity contribution in [3.63, 3.8) is 0 Å². The highest BCUT2D eigenvalue weighted by atomic mass is 19.1. The average Bonchev–Trinajstić information content (AvgIpc) is 2.88. The number of hydrogen-bond acceptors (Lipinski definition) is 2. The van der Waals surface area contributed by atoms with Crippen LogP contribution < -0.4 is 10.2 Å². The van der Waals surface area contributed by atoms with Crippen molar-refractivity contribution in [1.82, 2.24) is 5.32 Å². The molecule has 0 bridgehead atoms. The molecule has 0 saturated heterocycles. The van der Waals surface area contributed by atoms with Gasteiger partial charge < -0.3 is 10.2 Å². The molecule has 4 heteroatoms. The highest BCUT2D eigenvalue weighted by molar-refractivity contribution is 6.05. The van der Waals surface area contributed by atoms with Gasteiger partial charge in [0, 0.05) is 37.5 Å². The summed E-state index contributed by atoms with van der Waals surface area (Å²) in [7, 11) is 3.99. The maximum atomic E-state index is 12.5. The monoisotopic (exact) mass is 297 g/mol. The van der Waals surface area contributed by atoms with Gasteiger partial charge in [-0.2, -0.15) is 0 Å². The van der Waals surface area contributed by atoms with Crippen LogP contribution in [0.5, 0.6) is 0 Å². The SMILES string of the molecule is CCN=C1NC(C#Cc2cccc(N(C)C)c2)=C/C1=C/CF. The fraction of sp³-hybridized carbons (Fsp3) is 0.278. The molecule has 0 amide bonds. The molecule has 2 rings (SSSR count).